The van der Waals surface area contributed by atoms with Crippen molar-refractivity contribution in [1.82, 2.24) is 0 Å². The predicted molar refractivity (Wildman–Crippen MR) is 93.9 cm³/mol. The molecule has 1 atom stereocenters. The van der Waals surface area contributed by atoms with Gasteiger partial charge in [0, 0.05) is 5.56 Å². The maximum atomic E-state index is 10.4. The van der Waals surface area contributed by atoms with Crippen molar-refractivity contribution in [1.29, 1.82) is 0 Å². The Labute approximate surface area is 148 Å². The average Bonchev–Trinajstić information content (AvgIpc) is 3.12. The SMILES string of the molecule is O[C@H](C[NH+]1CC[NH+](Cc2ccc3c(c2)OCO3)CC1)c1ccccc1. The van der Waals surface area contributed by atoms with Crippen molar-refractivity contribution in [3.8, 4) is 11.5 Å². The summed E-state index contributed by atoms with van der Waals surface area (Å²) in [5.41, 5.74) is 2.32. The Hall–Kier alpha value is -2.08. The highest BCUT2D eigenvalue weighted by Crippen LogP contribution is 2.32. The number of hydrogen-bond acceptors (Lipinski definition) is 3. The number of ether oxygens (including phenoxy) is 2. The summed E-state index contributed by atoms with van der Waals surface area (Å²) in [5, 5.41) is 10.4. The summed E-state index contributed by atoms with van der Waals surface area (Å²) in [6, 6.07) is 16.2. The molecule has 2 heterocycles. The third-order valence-electron chi connectivity index (χ3n) is 5.22. The molecule has 132 valence electrons. The Balaban J connectivity index is 1.27. The van der Waals surface area contributed by atoms with Crippen LogP contribution in [-0.4, -0.2) is 44.6 Å². The van der Waals surface area contributed by atoms with Crippen molar-refractivity contribution < 1.29 is 24.4 Å². The van der Waals surface area contributed by atoms with Crippen LogP contribution in [0.2, 0.25) is 0 Å². The van der Waals surface area contributed by atoms with Crippen LogP contribution in [0.15, 0.2) is 48.5 Å². The molecule has 0 radical (unpaired) electrons. The fraction of sp³-hybridized carbons (Fsp3) is 0.400. The number of rotatable bonds is 5. The topological polar surface area (TPSA) is 47.6 Å². The Morgan fingerprint density at radius 1 is 0.880 bits per heavy atom. The molecule has 5 nitrogen and oxygen atoms in total. The predicted octanol–water partition coefficient (Wildman–Crippen LogP) is -0.568. The third kappa shape index (κ3) is 3.95. The Morgan fingerprint density at radius 3 is 2.40 bits per heavy atom. The number of hydrogen-bond donors (Lipinski definition) is 3. The van der Waals surface area contributed by atoms with E-state index in [-0.39, 0.29) is 6.10 Å². The molecule has 0 amide bonds. The highest BCUT2D eigenvalue weighted by atomic mass is 16.7. The van der Waals surface area contributed by atoms with Crippen LogP contribution < -0.4 is 19.3 Å². The summed E-state index contributed by atoms with van der Waals surface area (Å²) >= 11 is 0. The van der Waals surface area contributed by atoms with Crippen LogP contribution >= 0.6 is 0 Å². The molecule has 0 bridgehead atoms. The maximum Gasteiger partial charge on any atom is 0.231 e. The van der Waals surface area contributed by atoms with Gasteiger partial charge in [-0.3, -0.25) is 0 Å². The monoisotopic (exact) mass is 342 g/mol. The molecule has 1 saturated heterocycles. The van der Waals surface area contributed by atoms with Gasteiger partial charge in [0.15, 0.2) is 11.5 Å². The van der Waals surface area contributed by atoms with Crippen LogP contribution in [0.3, 0.4) is 0 Å². The third-order valence-corrected chi connectivity index (χ3v) is 5.22. The first-order valence-electron chi connectivity index (χ1n) is 9.06. The number of fused-ring (bicyclic) bond motifs is 1. The van der Waals surface area contributed by atoms with E-state index in [1.54, 1.807) is 4.90 Å². The standard InChI is InChI=1S/C20H24N2O3/c23-18(17-4-2-1-3-5-17)14-22-10-8-21(9-11-22)13-16-6-7-19-20(12-16)25-15-24-19/h1-7,12,18,23H,8-11,13-15H2/p+2/t18-/m1/s1. The highest BCUT2D eigenvalue weighted by Gasteiger charge is 2.26. The largest absolute Gasteiger partial charge is 0.454 e. The molecule has 1 fully saturated rings. The van der Waals surface area contributed by atoms with E-state index < -0.39 is 0 Å². The van der Waals surface area contributed by atoms with E-state index in [0.717, 1.165) is 56.3 Å². The molecule has 0 unspecified atom stereocenters. The zero-order valence-corrected chi connectivity index (χ0v) is 14.4. The molecule has 5 heteroatoms. The quantitative estimate of drug-likeness (QED) is 0.682. The van der Waals surface area contributed by atoms with Crippen molar-refractivity contribution in [3.05, 3.63) is 59.7 Å². The number of aliphatic hydroxyl groups excluding tert-OH is 1. The van der Waals surface area contributed by atoms with Gasteiger partial charge in [0.25, 0.3) is 0 Å². The van der Waals surface area contributed by atoms with Crippen molar-refractivity contribution >= 4 is 0 Å². The lowest BCUT2D eigenvalue weighted by atomic mass is 10.1. The van der Waals surface area contributed by atoms with E-state index in [2.05, 4.69) is 12.1 Å². The minimum atomic E-state index is -0.369. The van der Waals surface area contributed by atoms with E-state index in [1.807, 2.05) is 36.4 Å². The average molecular weight is 342 g/mol. The number of piperazine rings is 1. The minimum absolute atomic E-state index is 0.331. The molecule has 4 rings (SSSR count). The van der Waals surface area contributed by atoms with Crippen molar-refractivity contribution in [3.63, 3.8) is 0 Å². The van der Waals surface area contributed by atoms with E-state index >= 15 is 0 Å². The summed E-state index contributed by atoms with van der Waals surface area (Å²) in [6.07, 6.45) is -0.369. The Bertz CT molecular complexity index is 699. The maximum absolute atomic E-state index is 10.4. The van der Waals surface area contributed by atoms with Gasteiger partial charge in [-0.15, -0.1) is 0 Å². The van der Waals surface area contributed by atoms with Crippen molar-refractivity contribution in [2.45, 2.75) is 12.6 Å². The fourth-order valence-electron chi connectivity index (χ4n) is 3.74. The van der Waals surface area contributed by atoms with E-state index in [4.69, 9.17) is 9.47 Å². The molecule has 2 aliphatic heterocycles. The van der Waals surface area contributed by atoms with E-state index in [9.17, 15) is 5.11 Å². The smallest absolute Gasteiger partial charge is 0.231 e. The first kappa shape index (κ1) is 16.4. The highest BCUT2D eigenvalue weighted by molar-refractivity contribution is 5.44. The van der Waals surface area contributed by atoms with Gasteiger partial charge in [0.2, 0.25) is 6.79 Å². The van der Waals surface area contributed by atoms with E-state index in [0.29, 0.717) is 6.79 Å². The van der Waals surface area contributed by atoms with Crippen LogP contribution in [0, 0.1) is 0 Å². The van der Waals surface area contributed by atoms with Gasteiger partial charge in [-0.2, -0.15) is 0 Å². The normalized spacial score (nSPS) is 23.4. The van der Waals surface area contributed by atoms with Gasteiger partial charge >= 0.3 is 0 Å². The number of benzene rings is 2. The van der Waals surface area contributed by atoms with E-state index in [1.165, 1.54) is 10.5 Å². The zero-order chi connectivity index (χ0) is 17.1. The molecule has 3 N–H and O–H groups in total. The molecule has 0 aromatic heterocycles. The molecule has 0 aliphatic carbocycles. The molecule has 25 heavy (non-hydrogen) atoms. The molecule has 2 aliphatic rings. The lowest BCUT2D eigenvalue weighted by Crippen LogP contribution is -3.27. The molecular weight excluding hydrogens is 316 g/mol. The second kappa shape index (κ2) is 7.44. The number of nitrogens with one attached hydrogen (secondary N) is 2. The molecule has 2 aromatic rings. The van der Waals surface area contributed by atoms with Gasteiger partial charge < -0.3 is 24.4 Å². The number of aliphatic hydroxyl groups is 1. The van der Waals surface area contributed by atoms with Crippen molar-refractivity contribution in [2.75, 3.05) is 39.5 Å². The molecule has 0 spiro atoms. The lowest BCUT2D eigenvalue weighted by Gasteiger charge is -2.31. The Morgan fingerprint density at radius 2 is 1.60 bits per heavy atom. The zero-order valence-electron chi connectivity index (χ0n) is 14.4. The van der Waals surface area contributed by atoms with Gasteiger partial charge in [-0.05, 0) is 23.8 Å². The van der Waals surface area contributed by atoms with Gasteiger partial charge in [-0.25, -0.2) is 0 Å². The lowest BCUT2D eigenvalue weighted by molar-refractivity contribution is -1.02. The van der Waals surface area contributed by atoms with Crippen LogP contribution in [0.4, 0.5) is 0 Å². The summed E-state index contributed by atoms with van der Waals surface area (Å²) in [4.78, 5) is 3.09. The number of quaternary nitrogens is 2. The summed E-state index contributed by atoms with van der Waals surface area (Å²) < 4.78 is 10.8. The van der Waals surface area contributed by atoms with Gasteiger partial charge in [0.1, 0.15) is 45.4 Å². The molecule has 0 saturated carbocycles. The summed E-state index contributed by atoms with van der Waals surface area (Å²) in [5.74, 6) is 1.72. The van der Waals surface area contributed by atoms with Crippen LogP contribution in [0.5, 0.6) is 11.5 Å². The second-order valence-electron chi connectivity index (χ2n) is 6.99. The van der Waals surface area contributed by atoms with Crippen LogP contribution in [0.25, 0.3) is 0 Å². The second-order valence-corrected chi connectivity index (χ2v) is 6.99. The van der Waals surface area contributed by atoms with Crippen molar-refractivity contribution in [2.24, 2.45) is 0 Å². The Kier molecular flexibility index (Phi) is 4.88. The fourth-order valence-corrected chi connectivity index (χ4v) is 3.74. The van der Waals surface area contributed by atoms with Gasteiger partial charge in [-0.1, -0.05) is 30.3 Å². The minimum Gasteiger partial charge on any atom is -0.454 e. The first-order chi connectivity index (χ1) is 12.3. The van der Waals surface area contributed by atoms with Crippen LogP contribution in [0.1, 0.15) is 17.2 Å². The summed E-state index contributed by atoms with van der Waals surface area (Å²) in [6.45, 7) is 6.61. The van der Waals surface area contributed by atoms with Crippen LogP contribution in [-0.2, 0) is 6.54 Å². The molecular formula is C20H26N2O3+2. The first-order valence-corrected chi connectivity index (χ1v) is 9.06. The van der Waals surface area contributed by atoms with Gasteiger partial charge in [0.05, 0.1) is 0 Å². The summed E-state index contributed by atoms with van der Waals surface area (Å²) in [7, 11) is 0. The molecule has 2 aromatic carbocycles.